The third kappa shape index (κ3) is 4.46. The molecular formula is C18H17ClN4O2. The summed E-state index contributed by atoms with van der Waals surface area (Å²) in [5.74, 6) is 0.516. The lowest BCUT2D eigenvalue weighted by molar-refractivity contribution is 0.0893. The number of nitrogens with one attached hydrogen (secondary N) is 1. The van der Waals surface area contributed by atoms with Crippen molar-refractivity contribution in [2.24, 2.45) is 0 Å². The zero-order valence-electron chi connectivity index (χ0n) is 13.5. The van der Waals surface area contributed by atoms with E-state index >= 15 is 0 Å². The minimum absolute atomic E-state index is 0.0808. The van der Waals surface area contributed by atoms with E-state index in [1.54, 1.807) is 18.2 Å². The van der Waals surface area contributed by atoms with Gasteiger partial charge >= 0.3 is 0 Å². The Morgan fingerprint density at radius 1 is 1.24 bits per heavy atom. The summed E-state index contributed by atoms with van der Waals surface area (Å²) in [5, 5.41) is 12.3. The highest BCUT2D eigenvalue weighted by molar-refractivity contribution is 6.31. The lowest BCUT2D eigenvalue weighted by Gasteiger charge is -2.29. The predicted octanol–water partition coefficient (Wildman–Crippen LogP) is 3.12. The highest BCUT2D eigenvalue weighted by atomic mass is 35.5. The van der Waals surface area contributed by atoms with Gasteiger partial charge in [-0.3, -0.25) is 4.79 Å². The number of halogens is 1. The van der Waals surface area contributed by atoms with Crippen molar-refractivity contribution in [2.75, 3.05) is 0 Å². The van der Waals surface area contributed by atoms with Crippen molar-refractivity contribution in [3.63, 3.8) is 0 Å². The summed E-state index contributed by atoms with van der Waals surface area (Å²) in [6.07, 6.45) is 7.85. The largest absolute Gasteiger partial charge is 0.490 e. The van der Waals surface area contributed by atoms with Crippen molar-refractivity contribution in [1.82, 2.24) is 15.3 Å². The summed E-state index contributed by atoms with van der Waals surface area (Å²) in [6, 6.07) is 7.24. The van der Waals surface area contributed by atoms with E-state index in [9.17, 15) is 4.79 Å². The van der Waals surface area contributed by atoms with E-state index in [2.05, 4.69) is 15.3 Å². The second kappa shape index (κ2) is 7.95. The van der Waals surface area contributed by atoms with E-state index < -0.39 is 0 Å². The SMILES string of the molecule is N#Cc1ccc(O[C@H]2CC[C@H](NC(=O)c3cncnc3)CC2)cc1Cl. The number of rotatable bonds is 4. The maximum Gasteiger partial charge on any atom is 0.254 e. The van der Waals surface area contributed by atoms with Crippen LogP contribution in [0, 0.1) is 11.3 Å². The van der Waals surface area contributed by atoms with E-state index in [0.717, 1.165) is 25.7 Å². The fourth-order valence-electron chi connectivity index (χ4n) is 2.86. The Morgan fingerprint density at radius 3 is 2.60 bits per heavy atom. The van der Waals surface area contributed by atoms with Crippen molar-refractivity contribution in [3.8, 4) is 11.8 Å². The molecule has 0 unspecified atom stereocenters. The minimum Gasteiger partial charge on any atom is -0.490 e. The van der Waals surface area contributed by atoms with E-state index in [1.165, 1.54) is 18.7 Å². The number of hydrogen-bond acceptors (Lipinski definition) is 5. The van der Waals surface area contributed by atoms with Crippen LogP contribution in [0.1, 0.15) is 41.6 Å². The van der Waals surface area contributed by atoms with Crippen LogP contribution in [0.4, 0.5) is 0 Å². The topological polar surface area (TPSA) is 87.9 Å². The first-order chi connectivity index (χ1) is 12.2. The van der Waals surface area contributed by atoms with Crippen LogP contribution in [0.5, 0.6) is 5.75 Å². The first kappa shape index (κ1) is 17.2. The molecule has 0 radical (unpaired) electrons. The van der Waals surface area contributed by atoms with Gasteiger partial charge in [-0.1, -0.05) is 11.6 Å². The Morgan fingerprint density at radius 2 is 1.96 bits per heavy atom. The van der Waals surface area contributed by atoms with Crippen LogP contribution < -0.4 is 10.1 Å². The Labute approximate surface area is 150 Å². The molecule has 0 aliphatic heterocycles. The molecule has 0 spiro atoms. The van der Waals surface area contributed by atoms with Gasteiger partial charge in [0.15, 0.2) is 0 Å². The Balaban J connectivity index is 1.50. The first-order valence-electron chi connectivity index (χ1n) is 8.08. The standard InChI is InChI=1S/C18H17ClN4O2/c19-17-7-16(4-1-12(17)8-20)25-15-5-2-14(3-6-15)23-18(24)13-9-21-11-22-10-13/h1,4,7,9-11,14-15H,2-3,5-6H2,(H,23,24)/t14-,15-. The van der Waals surface area contributed by atoms with Crippen LogP contribution >= 0.6 is 11.6 Å². The molecule has 1 fully saturated rings. The van der Waals surface area contributed by atoms with Gasteiger partial charge in [-0.25, -0.2) is 9.97 Å². The lowest BCUT2D eigenvalue weighted by atomic mass is 9.92. The highest BCUT2D eigenvalue weighted by Gasteiger charge is 2.24. The fraction of sp³-hybridized carbons (Fsp3) is 0.333. The van der Waals surface area contributed by atoms with Crippen molar-refractivity contribution in [1.29, 1.82) is 5.26 Å². The Bertz CT molecular complexity index is 783. The highest BCUT2D eigenvalue weighted by Crippen LogP contribution is 2.27. The van der Waals surface area contributed by atoms with Crippen molar-refractivity contribution < 1.29 is 9.53 Å². The molecule has 0 bridgehead atoms. The number of carbonyl (C=O) groups excluding carboxylic acids is 1. The molecule has 1 amide bonds. The van der Waals surface area contributed by atoms with Crippen LogP contribution in [-0.4, -0.2) is 28.0 Å². The number of ether oxygens (including phenoxy) is 1. The molecule has 1 aliphatic rings. The summed E-state index contributed by atoms with van der Waals surface area (Å²) in [6.45, 7) is 0. The normalized spacial score (nSPS) is 19.7. The van der Waals surface area contributed by atoms with Gasteiger partial charge in [-0.15, -0.1) is 0 Å². The molecule has 0 saturated heterocycles. The summed E-state index contributed by atoms with van der Waals surface area (Å²) in [7, 11) is 0. The lowest BCUT2D eigenvalue weighted by Crippen LogP contribution is -2.39. The molecule has 6 nitrogen and oxygen atoms in total. The first-order valence-corrected chi connectivity index (χ1v) is 8.45. The zero-order chi connectivity index (χ0) is 17.6. The molecule has 1 aliphatic carbocycles. The third-order valence-corrected chi connectivity index (χ3v) is 4.51. The molecular weight excluding hydrogens is 340 g/mol. The molecule has 1 saturated carbocycles. The van der Waals surface area contributed by atoms with Gasteiger partial charge in [-0.05, 0) is 37.8 Å². The van der Waals surface area contributed by atoms with Crippen LogP contribution in [0.2, 0.25) is 5.02 Å². The van der Waals surface area contributed by atoms with Gasteiger partial charge < -0.3 is 10.1 Å². The van der Waals surface area contributed by atoms with Crippen molar-refractivity contribution in [2.45, 2.75) is 37.8 Å². The number of nitriles is 1. The van der Waals surface area contributed by atoms with E-state index in [-0.39, 0.29) is 18.1 Å². The molecule has 7 heteroatoms. The molecule has 2 aromatic rings. The molecule has 1 aromatic carbocycles. The Kier molecular flexibility index (Phi) is 5.46. The van der Waals surface area contributed by atoms with Crippen LogP contribution in [0.3, 0.4) is 0 Å². The van der Waals surface area contributed by atoms with Gasteiger partial charge in [0, 0.05) is 24.5 Å². The van der Waals surface area contributed by atoms with Crippen LogP contribution in [0.25, 0.3) is 0 Å². The number of benzene rings is 1. The summed E-state index contributed by atoms with van der Waals surface area (Å²) in [4.78, 5) is 19.8. The number of nitrogens with zero attached hydrogens (tertiary/aromatic N) is 3. The second-order valence-corrected chi connectivity index (χ2v) is 6.35. The zero-order valence-corrected chi connectivity index (χ0v) is 14.2. The molecule has 0 atom stereocenters. The van der Waals surface area contributed by atoms with Gasteiger partial charge in [-0.2, -0.15) is 5.26 Å². The van der Waals surface area contributed by atoms with Crippen LogP contribution in [0.15, 0.2) is 36.9 Å². The molecule has 25 heavy (non-hydrogen) atoms. The van der Waals surface area contributed by atoms with Gasteiger partial charge in [0.05, 0.1) is 22.3 Å². The fourth-order valence-corrected chi connectivity index (χ4v) is 3.08. The number of carbonyl (C=O) groups is 1. The number of amides is 1. The average molecular weight is 357 g/mol. The smallest absolute Gasteiger partial charge is 0.254 e. The van der Waals surface area contributed by atoms with Crippen molar-refractivity contribution in [3.05, 3.63) is 53.1 Å². The average Bonchev–Trinajstić information content (AvgIpc) is 2.64. The van der Waals surface area contributed by atoms with E-state index in [4.69, 9.17) is 21.6 Å². The summed E-state index contributed by atoms with van der Waals surface area (Å²) < 4.78 is 5.95. The molecule has 1 N–H and O–H groups in total. The predicted molar refractivity (Wildman–Crippen MR) is 92.3 cm³/mol. The molecule has 1 aromatic heterocycles. The molecule has 3 rings (SSSR count). The Hall–Kier alpha value is -2.65. The maximum atomic E-state index is 12.1. The van der Waals surface area contributed by atoms with Gasteiger partial charge in [0.25, 0.3) is 5.91 Å². The number of hydrogen-bond donors (Lipinski definition) is 1. The second-order valence-electron chi connectivity index (χ2n) is 5.95. The minimum atomic E-state index is -0.149. The van der Waals surface area contributed by atoms with E-state index in [1.807, 2.05) is 6.07 Å². The molecule has 128 valence electrons. The summed E-state index contributed by atoms with van der Waals surface area (Å²) in [5.41, 5.74) is 0.901. The maximum absolute atomic E-state index is 12.1. The number of aromatic nitrogens is 2. The van der Waals surface area contributed by atoms with Gasteiger partial charge in [0.2, 0.25) is 0 Å². The summed E-state index contributed by atoms with van der Waals surface area (Å²) >= 11 is 6.03. The van der Waals surface area contributed by atoms with E-state index in [0.29, 0.717) is 21.9 Å². The monoisotopic (exact) mass is 356 g/mol. The van der Waals surface area contributed by atoms with Gasteiger partial charge in [0.1, 0.15) is 18.1 Å². The third-order valence-electron chi connectivity index (χ3n) is 4.20. The van der Waals surface area contributed by atoms with Crippen molar-refractivity contribution >= 4 is 17.5 Å². The quantitative estimate of drug-likeness (QED) is 0.909. The van der Waals surface area contributed by atoms with Crippen LogP contribution in [-0.2, 0) is 0 Å². The molecule has 1 heterocycles.